The molecule has 0 amide bonds. The summed E-state index contributed by atoms with van der Waals surface area (Å²) < 4.78 is 23.4. The molecule has 0 saturated carbocycles. The summed E-state index contributed by atoms with van der Waals surface area (Å²) in [5.41, 5.74) is 0. The van der Waals surface area contributed by atoms with Gasteiger partial charge < -0.3 is 29.9 Å². The van der Waals surface area contributed by atoms with Gasteiger partial charge >= 0.3 is 0 Å². The summed E-state index contributed by atoms with van der Waals surface area (Å²) in [5.74, 6) is -1.17. The van der Waals surface area contributed by atoms with Crippen molar-refractivity contribution in [2.75, 3.05) is 6.61 Å². The molecule has 1 saturated heterocycles. The van der Waals surface area contributed by atoms with Crippen LogP contribution in [0.5, 0.6) is 5.75 Å². The number of halogens is 1. The highest BCUT2D eigenvalue weighted by Crippen LogP contribution is 2.24. The number of hydrogen-bond acceptors (Lipinski definition) is 7. The van der Waals surface area contributed by atoms with Crippen LogP contribution in [0.15, 0.2) is 18.3 Å². The molecule has 5 atom stereocenters. The number of hydrogen-bond donors (Lipinski definition) is 4. The fraction of sp³-hybridized carbons (Fsp3) is 0.545. The maximum Gasteiger partial charge on any atom is 0.255 e. The molecule has 2 heterocycles. The SMILES string of the molecule is OC[C@H]1O[C@@H](Oc2cccnc2F)[C@H](O)[C@@H](O)[C@H]1O. The Hall–Kier alpha value is -1.32. The Labute approximate surface area is 107 Å². The monoisotopic (exact) mass is 275 g/mol. The van der Waals surface area contributed by atoms with Crippen LogP contribution in [0.25, 0.3) is 0 Å². The van der Waals surface area contributed by atoms with Gasteiger partial charge in [0.15, 0.2) is 5.75 Å². The minimum atomic E-state index is -1.59. The molecule has 1 aliphatic heterocycles. The molecule has 1 fully saturated rings. The van der Waals surface area contributed by atoms with E-state index in [2.05, 4.69) is 4.98 Å². The largest absolute Gasteiger partial charge is 0.457 e. The number of nitrogens with zero attached hydrogens (tertiary/aromatic N) is 1. The van der Waals surface area contributed by atoms with Crippen molar-refractivity contribution in [3.8, 4) is 5.75 Å². The van der Waals surface area contributed by atoms with E-state index in [9.17, 15) is 19.7 Å². The molecule has 2 rings (SSSR count). The summed E-state index contributed by atoms with van der Waals surface area (Å²) >= 11 is 0. The van der Waals surface area contributed by atoms with E-state index in [1.165, 1.54) is 18.3 Å². The van der Waals surface area contributed by atoms with Crippen LogP contribution in [0.3, 0.4) is 0 Å². The van der Waals surface area contributed by atoms with Gasteiger partial charge in [0.25, 0.3) is 5.95 Å². The molecular formula is C11H14FNO6. The first-order valence-electron chi connectivity index (χ1n) is 5.62. The molecule has 19 heavy (non-hydrogen) atoms. The lowest BCUT2D eigenvalue weighted by atomic mass is 9.99. The Morgan fingerprint density at radius 3 is 2.63 bits per heavy atom. The minimum absolute atomic E-state index is 0.271. The molecule has 0 unspecified atom stereocenters. The summed E-state index contributed by atoms with van der Waals surface area (Å²) in [6.45, 7) is -0.583. The number of pyridine rings is 1. The number of aliphatic hydroxyl groups is 4. The Morgan fingerprint density at radius 1 is 1.26 bits per heavy atom. The molecule has 0 spiro atoms. The third kappa shape index (κ3) is 2.82. The molecule has 1 aromatic heterocycles. The standard InChI is InChI=1S/C11H14FNO6/c12-10-5(2-1-3-13-10)18-11-9(17)8(16)7(15)6(4-14)19-11/h1-3,6-9,11,14-17H,4H2/t6-,7+,8+,9-,11-/m1/s1. The molecule has 1 aliphatic rings. The summed E-state index contributed by atoms with van der Waals surface area (Å²) in [6, 6.07) is 2.69. The van der Waals surface area contributed by atoms with E-state index >= 15 is 0 Å². The maximum absolute atomic E-state index is 13.3. The first kappa shape index (κ1) is 14.1. The van der Waals surface area contributed by atoms with Crippen molar-refractivity contribution >= 4 is 0 Å². The summed E-state index contributed by atoms with van der Waals surface area (Å²) in [4.78, 5) is 3.35. The van der Waals surface area contributed by atoms with Crippen LogP contribution >= 0.6 is 0 Å². The normalized spacial score (nSPS) is 35.1. The van der Waals surface area contributed by atoms with Crippen LogP contribution in [0.1, 0.15) is 0 Å². The zero-order valence-electron chi connectivity index (χ0n) is 9.76. The van der Waals surface area contributed by atoms with Crippen LogP contribution in [0, 0.1) is 5.95 Å². The Balaban J connectivity index is 2.13. The number of rotatable bonds is 3. The van der Waals surface area contributed by atoms with Crippen molar-refractivity contribution < 1.29 is 34.3 Å². The maximum atomic E-state index is 13.3. The average molecular weight is 275 g/mol. The van der Waals surface area contributed by atoms with E-state index in [1.54, 1.807) is 0 Å². The van der Waals surface area contributed by atoms with Gasteiger partial charge in [0, 0.05) is 6.20 Å². The second kappa shape index (κ2) is 5.76. The minimum Gasteiger partial charge on any atom is -0.457 e. The smallest absolute Gasteiger partial charge is 0.255 e. The van der Waals surface area contributed by atoms with E-state index in [0.29, 0.717) is 0 Å². The highest BCUT2D eigenvalue weighted by molar-refractivity contribution is 5.18. The number of aliphatic hydroxyl groups excluding tert-OH is 4. The molecule has 7 nitrogen and oxygen atoms in total. The van der Waals surface area contributed by atoms with E-state index in [-0.39, 0.29) is 5.75 Å². The highest BCUT2D eigenvalue weighted by atomic mass is 19.1. The predicted molar refractivity (Wildman–Crippen MR) is 58.6 cm³/mol. The van der Waals surface area contributed by atoms with E-state index < -0.39 is 43.3 Å². The molecule has 4 N–H and O–H groups in total. The van der Waals surface area contributed by atoms with Crippen molar-refractivity contribution in [1.82, 2.24) is 4.98 Å². The van der Waals surface area contributed by atoms with Gasteiger partial charge in [-0.25, -0.2) is 4.98 Å². The number of ether oxygens (including phenoxy) is 2. The summed E-state index contributed by atoms with van der Waals surface area (Å²) in [6.07, 6.45) is -5.96. The second-order valence-corrected chi connectivity index (χ2v) is 4.11. The van der Waals surface area contributed by atoms with Gasteiger partial charge in [-0.3, -0.25) is 0 Å². The van der Waals surface area contributed by atoms with Crippen LogP contribution < -0.4 is 4.74 Å². The van der Waals surface area contributed by atoms with Gasteiger partial charge in [0.1, 0.15) is 24.4 Å². The van der Waals surface area contributed by atoms with Crippen LogP contribution in [-0.2, 0) is 4.74 Å². The molecule has 106 valence electrons. The average Bonchev–Trinajstić information content (AvgIpc) is 2.41. The van der Waals surface area contributed by atoms with E-state index in [0.717, 1.165) is 0 Å². The van der Waals surface area contributed by atoms with Crippen LogP contribution in [-0.4, -0.2) is 62.7 Å². The van der Waals surface area contributed by atoms with Gasteiger partial charge in [-0.05, 0) is 12.1 Å². The first-order valence-corrected chi connectivity index (χ1v) is 5.62. The Bertz CT molecular complexity index is 431. The molecule has 0 aromatic carbocycles. The molecule has 1 aromatic rings. The highest BCUT2D eigenvalue weighted by Gasteiger charge is 2.44. The van der Waals surface area contributed by atoms with Gasteiger partial charge in [-0.15, -0.1) is 0 Å². The topological polar surface area (TPSA) is 112 Å². The van der Waals surface area contributed by atoms with Crippen LogP contribution in [0.4, 0.5) is 4.39 Å². The molecule has 0 aliphatic carbocycles. The Morgan fingerprint density at radius 2 is 2.00 bits per heavy atom. The van der Waals surface area contributed by atoms with Crippen molar-refractivity contribution in [2.45, 2.75) is 30.7 Å². The molecule has 0 radical (unpaired) electrons. The quantitative estimate of drug-likeness (QED) is 0.491. The van der Waals surface area contributed by atoms with Gasteiger partial charge in [0.2, 0.25) is 6.29 Å². The lowest BCUT2D eigenvalue weighted by molar-refractivity contribution is -0.278. The third-order valence-electron chi connectivity index (χ3n) is 2.82. The first-order chi connectivity index (χ1) is 9.04. The second-order valence-electron chi connectivity index (χ2n) is 4.11. The van der Waals surface area contributed by atoms with Crippen molar-refractivity contribution in [3.63, 3.8) is 0 Å². The fourth-order valence-corrected chi connectivity index (χ4v) is 1.75. The number of aromatic nitrogens is 1. The molecular weight excluding hydrogens is 261 g/mol. The van der Waals surface area contributed by atoms with Crippen LogP contribution in [0.2, 0.25) is 0 Å². The zero-order chi connectivity index (χ0) is 14.0. The molecule has 8 heteroatoms. The van der Waals surface area contributed by atoms with Crippen molar-refractivity contribution in [2.24, 2.45) is 0 Å². The zero-order valence-corrected chi connectivity index (χ0v) is 9.76. The summed E-state index contributed by atoms with van der Waals surface area (Å²) in [5, 5.41) is 37.8. The van der Waals surface area contributed by atoms with E-state index in [4.69, 9.17) is 14.6 Å². The predicted octanol–water partition coefficient (Wildman–Crippen LogP) is -1.60. The molecule has 0 bridgehead atoms. The van der Waals surface area contributed by atoms with E-state index in [1.807, 2.05) is 0 Å². The van der Waals surface area contributed by atoms with Crippen molar-refractivity contribution in [3.05, 3.63) is 24.3 Å². The lowest BCUT2D eigenvalue weighted by Crippen LogP contribution is -2.60. The fourth-order valence-electron chi connectivity index (χ4n) is 1.75. The van der Waals surface area contributed by atoms with Gasteiger partial charge in [-0.1, -0.05) is 0 Å². The lowest BCUT2D eigenvalue weighted by Gasteiger charge is -2.39. The van der Waals surface area contributed by atoms with Gasteiger partial charge in [0.05, 0.1) is 6.61 Å². The summed E-state index contributed by atoms with van der Waals surface area (Å²) in [7, 11) is 0. The third-order valence-corrected chi connectivity index (χ3v) is 2.82. The Kier molecular flexibility index (Phi) is 4.27. The van der Waals surface area contributed by atoms with Crippen molar-refractivity contribution in [1.29, 1.82) is 0 Å². The van der Waals surface area contributed by atoms with Gasteiger partial charge in [-0.2, -0.15) is 4.39 Å².